The summed E-state index contributed by atoms with van der Waals surface area (Å²) in [4.78, 5) is 14.3. The lowest BCUT2D eigenvalue weighted by atomic mass is 10.2. The van der Waals surface area contributed by atoms with Crippen LogP contribution in [-0.2, 0) is 6.18 Å². The van der Waals surface area contributed by atoms with Crippen LogP contribution in [0.15, 0.2) is 28.4 Å². The van der Waals surface area contributed by atoms with Crippen LogP contribution in [0, 0.1) is 0 Å². The van der Waals surface area contributed by atoms with Crippen LogP contribution in [0.3, 0.4) is 0 Å². The number of halogens is 3. The van der Waals surface area contributed by atoms with Gasteiger partial charge in [0.1, 0.15) is 11.4 Å². The molecule has 0 amide bonds. The number of hydrogen-bond acceptors (Lipinski definition) is 3. The Kier molecular flexibility index (Phi) is 3.16. The molecule has 3 nitrogen and oxygen atoms in total. The zero-order valence-corrected chi connectivity index (χ0v) is 9.98. The summed E-state index contributed by atoms with van der Waals surface area (Å²) in [5.74, 6) is -0.120. The lowest BCUT2D eigenvalue weighted by Gasteiger charge is -2.11. The highest BCUT2D eigenvalue weighted by Crippen LogP contribution is 2.33. The number of aromatic nitrogens is 1. The molecule has 0 fully saturated rings. The summed E-state index contributed by atoms with van der Waals surface area (Å²) in [6.07, 6.45) is -4.60. The maximum absolute atomic E-state index is 12.6. The number of thiophene rings is 1. The van der Waals surface area contributed by atoms with Crippen LogP contribution < -0.4 is 10.2 Å². The molecule has 1 N–H and O–H groups in total. The van der Waals surface area contributed by atoms with Crippen LogP contribution in [0.1, 0.15) is 5.69 Å². The summed E-state index contributed by atoms with van der Waals surface area (Å²) >= 11 is 1.22. The van der Waals surface area contributed by atoms with E-state index in [1.165, 1.54) is 18.4 Å². The number of methoxy groups -OCH3 is 1. The van der Waals surface area contributed by atoms with Crippen LogP contribution in [0.5, 0.6) is 5.75 Å². The molecule has 2 aromatic heterocycles. The number of alkyl halides is 3. The Morgan fingerprint density at radius 2 is 2.11 bits per heavy atom. The van der Waals surface area contributed by atoms with E-state index < -0.39 is 17.3 Å². The molecule has 0 saturated carbocycles. The minimum Gasteiger partial charge on any atom is -0.491 e. The van der Waals surface area contributed by atoms with Gasteiger partial charge in [0.15, 0.2) is 5.75 Å². The Bertz CT molecular complexity index is 602. The van der Waals surface area contributed by atoms with E-state index in [0.717, 1.165) is 0 Å². The average Bonchev–Trinajstić information content (AvgIpc) is 2.79. The van der Waals surface area contributed by atoms with E-state index >= 15 is 0 Å². The second-order valence-corrected chi connectivity index (χ2v) is 4.38. The van der Waals surface area contributed by atoms with Crippen LogP contribution in [0.4, 0.5) is 13.2 Å². The highest BCUT2D eigenvalue weighted by Gasteiger charge is 2.33. The van der Waals surface area contributed by atoms with Gasteiger partial charge in [-0.2, -0.15) is 13.2 Å². The molecule has 96 valence electrons. The minimum absolute atomic E-state index is 0.0484. The molecule has 0 aromatic carbocycles. The van der Waals surface area contributed by atoms with Gasteiger partial charge in [0, 0.05) is 6.07 Å². The molecule has 0 bridgehead atoms. The first-order chi connectivity index (χ1) is 8.43. The van der Waals surface area contributed by atoms with E-state index in [9.17, 15) is 18.0 Å². The maximum atomic E-state index is 12.6. The zero-order valence-electron chi connectivity index (χ0n) is 9.17. The van der Waals surface area contributed by atoms with Crippen molar-refractivity contribution >= 4 is 11.3 Å². The normalized spacial score (nSPS) is 11.6. The van der Waals surface area contributed by atoms with E-state index in [-0.39, 0.29) is 11.4 Å². The zero-order chi connectivity index (χ0) is 13.3. The second kappa shape index (κ2) is 4.49. The molecular weight excluding hydrogens is 267 g/mol. The Labute approximate surface area is 104 Å². The van der Waals surface area contributed by atoms with Gasteiger partial charge in [-0.3, -0.25) is 4.79 Å². The predicted octanol–water partition coefficient (Wildman–Crippen LogP) is 3.13. The standard InChI is InChI=1S/C11H8F3NO2S/c1-17-10-6(16)5-8(11(12,13)14)15-9(10)7-3-2-4-18-7/h2-5H,1H3,(H,15,16). The molecule has 0 atom stereocenters. The molecular formula is C11H8F3NO2S. The highest BCUT2D eigenvalue weighted by molar-refractivity contribution is 7.13. The third-order valence-electron chi connectivity index (χ3n) is 2.26. The fourth-order valence-corrected chi connectivity index (χ4v) is 2.22. The van der Waals surface area contributed by atoms with Gasteiger partial charge in [-0.15, -0.1) is 11.3 Å². The molecule has 0 aliphatic rings. The van der Waals surface area contributed by atoms with Gasteiger partial charge < -0.3 is 9.72 Å². The SMILES string of the molecule is COc1c(-c2cccs2)[nH]c(C(F)(F)F)cc1=O. The first-order valence-corrected chi connectivity index (χ1v) is 5.74. The monoisotopic (exact) mass is 275 g/mol. The van der Waals surface area contributed by atoms with Crippen molar-refractivity contribution in [1.82, 2.24) is 4.98 Å². The fourth-order valence-electron chi connectivity index (χ4n) is 1.50. The Hall–Kier alpha value is -1.76. The van der Waals surface area contributed by atoms with Gasteiger partial charge in [0.2, 0.25) is 5.43 Å². The van der Waals surface area contributed by atoms with E-state index in [2.05, 4.69) is 4.98 Å². The third-order valence-corrected chi connectivity index (χ3v) is 3.15. The smallest absolute Gasteiger partial charge is 0.431 e. The number of H-pyrrole nitrogens is 1. The van der Waals surface area contributed by atoms with Crippen molar-refractivity contribution < 1.29 is 17.9 Å². The van der Waals surface area contributed by atoms with Crippen LogP contribution >= 0.6 is 11.3 Å². The number of pyridine rings is 1. The van der Waals surface area contributed by atoms with E-state index in [1.54, 1.807) is 17.5 Å². The fraction of sp³-hybridized carbons (Fsp3) is 0.182. The van der Waals surface area contributed by atoms with E-state index in [1.807, 2.05) is 0 Å². The van der Waals surface area contributed by atoms with Crippen molar-refractivity contribution in [2.24, 2.45) is 0 Å². The summed E-state index contributed by atoms with van der Waals surface area (Å²) in [6, 6.07) is 3.78. The summed E-state index contributed by atoms with van der Waals surface area (Å²) < 4.78 is 42.7. The highest BCUT2D eigenvalue weighted by atomic mass is 32.1. The minimum atomic E-state index is -4.60. The quantitative estimate of drug-likeness (QED) is 0.915. The van der Waals surface area contributed by atoms with Crippen molar-refractivity contribution in [3.63, 3.8) is 0 Å². The first-order valence-electron chi connectivity index (χ1n) is 4.86. The largest absolute Gasteiger partial charge is 0.491 e. The summed E-state index contributed by atoms with van der Waals surface area (Å²) in [6.45, 7) is 0. The van der Waals surface area contributed by atoms with E-state index in [4.69, 9.17) is 4.74 Å². The third kappa shape index (κ3) is 2.26. The van der Waals surface area contributed by atoms with Gasteiger partial charge in [-0.1, -0.05) is 6.07 Å². The van der Waals surface area contributed by atoms with Crippen molar-refractivity contribution in [2.45, 2.75) is 6.18 Å². The molecule has 0 unspecified atom stereocenters. The number of aromatic amines is 1. The molecule has 18 heavy (non-hydrogen) atoms. The number of rotatable bonds is 2. The van der Waals surface area contributed by atoms with Crippen molar-refractivity contribution in [1.29, 1.82) is 0 Å². The Morgan fingerprint density at radius 1 is 1.39 bits per heavy atom. The second-order valence-electron chi connectivity index (χ2n) is 3.43. The number of nitrogens with one attached hydrogen (secondary N) is 1. The van der Waals surface area contributed by atoms with E-state index in [0.29, 0.717) is 10.9 Å². The predicted molar refractivity (Wildman–Crippen MR) is 61.9 cm³/mol. The van der Waals surface area contributed by atoms with Crippen molar-refractivity contribution in [2.75, 3.05) is 7.11 Å². The van der Waals surface area contributed by atoms with Gasteiger partial charge in [0.25, 0.3) is 0 Å². The number of ether oxygens (including phenoxy) is 1. The molecule has 7 heteroatoms. The van der Waals surface area contributed by atoms with Crippen LogP contribution in [-0.4, -0.2) is 12.1 Å². The summed E-state index contributed by atoms with van der Waals surface area (Å²) in [5.41, 5.74) is -1.84. The number of hydrogen-bond donors (Lipinski definition) is 1. The molecule has 0 aliphatic heterocycles. The van der Waals surface area contributed by atoms with Crippen molar-refractivity contribution in [3.05, 3.63) is 39.5 Å². The molecule has 2 heterocycles. The molecule has 2 rings (SSSR count). The average molecular weight is 275 g/mol. The van der Waals surface area contributed by atoms with Gasteiger partial charge in [-0.05, 0) is 11.4 Å². The summed E-state index contributed by atoms with van der Waals surface area (Å²) in [5, 5.41) is 1.70. The lowest BCUT2D eigenvalue weighted by Crippen LogP contribution is -2.16. The van der Waals surface area contributed by atoms with Crippen LogP contribution in [0.2, 0.25) is 0 Å². The summed E-state index contributed by atoms with van der Waals surface area (Å²) in [7, 11) is 1.24. The van der Waals surface area contributed by atoms with Crippen LogP contribution in [0.25, 0.3) is 10.6 Å². The molecule has 2 aromatic rings. The Balaban J connectivity index is 2.70. The lowest BCUT2D eigenvalue weighted by molar-refractivity contribution is -0.141. The maximum Gasteiger partial charge on any atom is 0.431 e. The first kappa shape index (κ1) is 12.7. The molecule has 0 spiro atoms. The van der Waals surface area contributed by atoms with Crippen molar-refractivity contribution in [3.8, 4) is 16.3 Å². The molecule has 0 radical (unpaired) electrons. The van der Waals surface area contributed by atoms with Gasteiger partial charge in [0.05, 0.1) is 12.0 Å². The molecule has 0 aliphatic carbocycles. The van der Waals surface area contributed by atoms with Gasteiger partial charge in [-0.25, -0.2) is 0 Å². The molecule has 0 saturated heterocycles. The van der Waals surface area contributed by atoms with Gasteiger partial charge >= 0.3 is 6.18 Å². The Morgan fingerprint density at radius 3 is 2.61 bits per heavy atom. The topological polar surface area (TPSA) is 42.1 Å².